The summed E-state index contributed by atoms with van der Waals surface area (Å²) >= 11 is 2.95. The number of thioether (sulfide) groups is 1. The minimum atomic E-state index is -0.537. The van der Waals surface area contributed by atoms with E-state index in [4.69, 9.17) is 10.5 Å². The molecule has 1 aromatic carbocycles. The van der Waals surface area contributed by atoms with Crippen LogP contribution < -0.4 is 11.1 Å². The number of benzene rings is 1. The van der Waals surface area contributed by atoms with Gasteiger partial charge in [0, 0.05) is 15.5 Å². The molecule has 29 heavy (non-hydrogen) atoms. The van der Waals surface area contributed by atoms with Crippen LogP contribution in [0.25, 0.3) is 0 Å². The molecule has 0 unspecified atom stereocenters. The van der Waals surface area contributed by atoms with E-state index in [1.54, 1.807) is 11.8 Å². The van der Waals surface area contributed by atoms with Crippen molar-refractivity contribution in [1.82, 2.24) is 0 Å². The van der Waals surface area contributed by atoms with Crippen molar-refractivity contribution in [3.05, 3.63) is 45.8 Å². The summed E-state index contributed by atoms with van der Waals surface area (Å²) < 4.78 is 5.06. The molecule has 3 rings (SSSR count). The highest BCUT2D eigenvalue weighted by Gasteiger charge is 2.25. The van der Waals surface area contributed by atoms with Gasteiger partial charge >= 0.3 is 5.97 Å². The minimum Gasteiger partial charge on any atom is -0.456 e. The lowest BCUT2D eigenvalue weighted by Gasteiger charge is -2.11. The summed E-state index contributed by atoms with van der Waals surface area (Å²) in [5.41, 5.74) is 8.06. The highest BCUT2D eigenvalue weighted by molar-refractivity contribution is 7.99. The molecule has 154 valence electrons. The number of carbonyl (C=O) groups is 3. The molecular formula is C21H24N2O4S2. The zero-order chi connectivity index (χ0) is 20.8. The number of hydrogen-bond donors (Lipinski definition) is 2. The van der Waals surface area contributed by atoms with Crippen molar-refractivity contribution in [2.75, 3.05) is 17.7 Å². The number of nitrogens with one attached hydrogen (secondary N) is 1. The average molecular weight is 433 g/mol. The van der Waals surface area contributed by atoms with E-state index in [1.807, 2.05) is 31.2 Å². The Bertz CT molecular complexity index is 906. The molecule has 6 nitrogen and oxygen atoms in total. The van der Waals surface area contributed by atoms with Crippen LogP contribution in [0.3, 0.4) is 0 Å². The molecule has 0 bridgehead atoms. The number of fused-ring (bicyclic) bond motifs is 1. The van der Waals surface area contributed by atoms with Crippen molar-refractivity contribution in [3.8, 4) is 0 Å². The molecule has 8 heteroatoms. The molecule has 2 aromatic rings. The van der Waals surface area contributed by atoms with Crippen LogP contribution in [0.15, 0.2) is 29.2 Å². The lowest BCUT2D eigenvalue weighted by atomic mass is 9.95. The maximum atomic E-state index is 12.2. The number of nitrogens with two attached hydrogens (primary N) is 1. The van der Waals surface area contributed by atoms with E-state index < -0.39 is 17.8 Å². The van der Waals surface area contributed by atoms with Crippen LogP contribution in [0.2, 0.25) is 0 Å². The summed E-state index contributed by atoms with van der Waals surface area (Å²) in [6, 6.07) is 8.06. The molecule has 1 aliphatic rings. The third kappa shape index (κ3) is 5.83. The highest BCUT2D eigenvalue weighted by atomic mass is 32.2. The van der Waals surface area contributed by atoms with Gasteiger partial charge in [-0.1, -0.05) is 17.7 Å². The zero-order valence-corrected chi connectivity index (χ0v) is 17.9. The Morgan fingerprint density at radius 3 is 2.62 bits per heavy atom. The summed E-state index contributed by atoms with van der Waals surface area (Å²) in [6.07, 6.45) is 3.98. The SMILES string of the molecule is Cc1ccc(SCCC(=O)OCC(=O)Nc2sc3c(c2C(N)=O)CCCC3)cc1. The first-order valence-electron chi connectivity index (χ1n) is 9.53. The topological polar surface area (TPSA) is 98.5 Å². The van der Waals surface area contributed by atoms with Gasteiger partial charge in [0.15, 0.2) is 6.61 Å². The van der Waals surface area contributed by atoms with E-state index in [0.717, 1.165) is 41.0 Å². The van der Waals surface area contributed by atoms with Crippen LogP contribution in [-0.2, 0) is 27.2 Å². The summed E-state index contributed by atoms with van der Waals surface area (Å²) in [5.74, 6) is -0.858. The van der Waals surface area contributed by atoms with E-state index in [1.165, 1.54) is 16.9 Å². The second kappa shape index (κ2) is 9.93. The molecule has 0 saturated heterocycles. The van der Waals surface area contributed by atoms with Crippen molar-refractivity contribution >= 4 is 45.9 Å². The van der Waals surface area contributed by atoms with E-state index >= 15 is 0 Å². The van der Waals surface area contributed by atoms with Gasteiger partial charge in [-0.3, -0.25) is 14.4 Å². The number of ether oxygens (including phenoxy) is 1. The van der Waals surface area contributed by atoms with Crippen molar-refractivity contribution in [2.24, 2.45) is 5.73 Å². The normalized spacial score (nSPS) is 12.9. The lowest BCUT2D eigenvalue weighted by molar-refractivity contribution is -0.146. The predicted octanol–water partition coefficient (Wildman–Crippen LogP) is 3.70. The van der Waals surface area contributed by atoms with Gasteiger partial charge in [-0.2, -0.15) is 0 Å². The van der Waals surface area contributed by atoms with E-state index in [0.29, 0.717) is 16.3 Å². The summed E-state index contributed by atoms with van der Waals surface area (Å²) in [5, 5.41) is 3.15. The summed E-state index contributed by atoms with van der Waals surface area (Å²) in [6.45, 7) is 1.64. The number of esters is 1. The second-order valence-electron chi connectivity index (χ2n) is 6.90. The fourth-order valence-corrected chi connectivity index (χ4v) is 5.33. The Morgan fingerprint density at radius 1 is 1.17 bits per heavy atom. The third-order valence-electron chi connectivity index (χ3n) is 4.63. The van der Waals surface area contributed by atoms with Crippen LogP contribution in [0.4, 0.5) is 5.00 Å². The maximum absolute atomic E-state index is 12.2. The number of anilines is 1. The first-order valence-corrected chi connectivity index (χ1v) is 11.3. The van der Waals surface area contributed by atoms with Crippen LogP contribution in [0, 0.1) is 6.92 Å². The Labute approximate surface area is 178 Å². The standard InChI is InChI=1S/C21H24N2O4S2/c1-13-6-8-14(9-7-13)28-11-10-18(25)27-12-17(24)23-21-19(20(22)26)15-4-2-3-5-16(15)29-21/h6-9H,2-5,10-12H2,1H3,(H2,22,26)(H,23,24). The summed E-state index contributed by atoms with van der Waals surface area (Å²) in [4.78, 5) is 38.1. The van der Waals surface area contributed by atoms with Crippen molar-refractivity contribution in [2.45, 2.75) is 43.9 Å². The smallest absolute Gasteiger partial charge is 0.307 e. The minimum absolute atomic E-state index is 0.214. The van der Waals surface area contributed by atoms with Gasteiger partial charge in [0.1, 0.15) is 5.00 Å². The largest absolute Gasteiger partial charge is 0.456 e. The van der Waals surface area contributed by atoms with Crippen LogP contribution in [0.5, 0.6) is 0 Å². The molecule has 0 fully saturated rings. The Hall–Kier alpha value is -2.32. The van der Waals surface area contributed by atoms with Crippen LogP contribution in [-0.4, -0.2) is 30.1 Å². The van der Waals surface area contributed by atoms with Gasteiger partial charge in [0.25, 0.3) is 11.8 Å². The molecule has 1 heterocycles. The first-order chi connectivity index (χ1) is 13.9. The van der Waals surface area contributed by atoms with E-state index in [2.05, 4.69) is 5.32 Å². The number of amides is 2. The summed E-state index contributed by atoms with van der Waals surface area (Å²) in [7, 11) is 0. The lowest BCUT2D eigenvalue weighted by Crippen LogP contribution is -2.23. The number of primary amides is 1. The molecule has 0 saturated carbocycles. The number of rotatable bonds is 8. The number of carbonyl (C=O) groups excluding carboxylic acids is 3. The Balaban J connectivity index is 1.46. The zero-order valence-electron chi connectivity index (χ0n) is 16.3. The number of thiophene rings is 1. The van der Waals surface area contributed by atoms with Crippen molar-refractivity contribution < 1.29 is 19.1 Å². The van der Waals surface area contributed by atoms with E-state index in [-0.39, 0.29) is 13.0 Å². The molecule has 3 N–H and O–H groups in total. The van der Waals surface area contributed by atoms with Crippen molar-refractivity contribution in [3.63, 3.8) is 0 Å². The fraction of sp³-hybridized carbons (Fsp3) is 0.381. The molecular weight excluding hydrogens is 408 g/mol. The highest BCUT2D eigenvalue weighted by Crippen LogP contribution is 2.37. The average Bonchev–Trinajstić information content (AvgIpc) is 3.06. The number of aryl methyl sites for hydroxylation is 2. The molecule has 0 atom stereocenters. The Morgan fingerprint density at radius 2 is 1.90 bits per heavy atom. The quantitative estimate of drug-likeness (QED) is 0.490. The maximum Gasteiger partial charge on any atom is 0.307 e. The van der Waals surface area contributed by atoms with E-state index in [9.17, 15) is 14.4 Å². The van der Waals surface area contributed by atoms with Gasteiger partial charge in [-0.05, 0) is 50.3 Å². The molecule has 2 amide bonds. The van der Waals surface area contributed by atoms with Crippen LogP contribution >= 0.6 is 23.1 Å². The van der Waals surface area contributed by atoms with Gasteiger partial charge < -0.3 is 15.8 Å². The first kappa shape index (κ1) is 21.4. The Kier molecular flexibility index (Phi) is 7.33. The van der Waals surface area contributed by atoms with Crippen molar-refractivity contribution in [1.29, 1.82) is 0 Å². The molecule has 0 radical (unpaired) electrons. The number of hydrogen-bond acceptors (Lipinski definition) is 6. The van der Waals surface area contributed by atoms with Gasteiger partial charge in [0.05, 0.1) is 12.0 Å². The fourth-order valence-electron chi connectivity index (χ4n) is 3.18. The molecule has 1 aliphatic carbocycles. The molecule has 1 aromatic heterocycles. The third-order valence-corrected chi connectivity index (χ3v) is 6.85. The molecule has 0 aliphatic heterocycles. The van der Waals surface area contributed by atoms with Gasteiger partial charge in [0.2, 0.25) is 0 Å². The second-order valence-corrected chi connectivity index (χ2v) is 9.17. The van der Waals surface area contributed by atoms with Crippen LogP contribution in [0.1, 0.15) is 45.6 Å². The van der Waals surface area contributed by atoms with Gasteiger partial charge in [-0.15, -0.1) is 23.1 Å². The predicted molar refractivity (Wildman–Crippen MR) is 116 cm³/mol. The van der Waals surface area contributed by atoms with Gasteiger partial charge in [-0.25, -0.2) is 0 Å². The molecule has 0 spiro atoms. The monoisotopic (exact) mass is 432 g/mol.